The van der Waals surface area contributed by atoms with Gasteiger partial charge in [0.15, 0.2) is 0 Å². The molecule has 0 saturated carbocycles. The number of rotatable bonds is 5. The second-order valence-corrected chi connectivity index (χ2v) is 10.4. The van der Waals surface area contributed by atoms with Crippen LogP contribution in [-0.2, 0) is 10.0 Å². The minimum absolute atomic E-state index is 0.0939. The van der Waals surface area contributed by atoms with E-state index in [4.69, 9.17) is 4.42 Å². The Hall–Kier alpha value is -1.53. The zero-order valence-corrected chi connectivity index (χ0v) is 17.1. The van der Waals surface area contributed by atoms with E-state index >= 15 is 0 Å². The third kappa shape index (κ3) is 4.16. The Morgan fingerprint density at radius 2 is 2.07 bits per heavy atom. The number of nitrogens with one attached hydrogen (secondary N) is 1. The number of sulfonamides is 1. The lowest BCUT2D eigenvalue weighted by Gasteiger charge is -2.42. The van der Waals surface area contributed by atoms with Gasteiger partial charge in [-0.25, -0.2) is 8.42 Å². The van der Waals surface area contributed by atoms with Crippen molar-refractivity contribution in [1.29, 1.82) is 0 Å². The second kappa shape index (κ2) is 7.47. The predicted octanol–water partition coefficient (Wildman–Crippen LogP) is 4.56. The summed E-state index contributed by atoms with van der Waals surface area (Å²) in [7, 11) is -3.33. The minimum atomic E-state index is -3.33. The van der Waals surface area contributed by atoms with Crippen LogP contribution < -0.4 is 4.72 Å². The molecule has 2 saturated heterocycles. The maximum absolute atomic E-state index is 12.3. The number of hydrogen-bond acceptors (Lipinski definition) is 4. The summed E-state index contributed by atoms with van der Waals surface area (Å²) in [4.78, 5) is 2.65. The first-order chi connectivity index (χ1) is 12.9. The monoisotopic (exact) mass is 390 g/mol. The summed E-state index contributed by atoms with van der Waals surface area (Å²) in [5.74, 6) is 0.716. The van der Waals surface area contributed by atoms with Gasteiger partial charge in [-0.2, -0.15) is 0 Å². The summed E-state index contributed by atoms with van der Waals surface area (Å²) in [6.07, 6.45) is 8.18. The molecule has 27 heavy (non-hydrogen) atoms. The van der Waals surface area contributed by atoms with Gasteiger partial charge in [0, 0.05) is 22.7 Å². The molecule has 148 valence electrons. The Bertz CT molecular complexity index is 903. The van der Waals surface area contributed by atoms with Crippen molar-refractivity contribution in [2.75, 3.05) is 23.6 Å². The highest BCUT2D eigenvalue weighted by Crippen LogP contribution is 2.39. The van der Waals surface area contributed by atoms with Crippen LogP contribution >= 0.6 is 0 Å². The smallest absolute Gasteiger partial charge is 0.232 e. The summed E-state index contributed by atoms with van der Waals surface area (Å²) < 4.78 is 33.1. The summed E-state index contributed by atoms with van der Waals surface area (Å²) >= 11 is 0. The van der Waals surface area contributed by atoms with E-state index in [1.54, 1.807) is 6.07 Å². The minimum Gasteiger partial charge on any atom is -0.464 e. The Morgan fingerprint density at radius 3 is 2.89 bits per heavy atom. The first kappa shape index (κ1) is 18.8. The molecule has 2 aromatic rings. The van der Waals surface area contributed by atoms with Crippen molar-refractivity contribution in [2.45, 2.75) is 57.9 Å². The van der Waals surface area contributed by atoms with Crippen LogP contribution in [0.25, 0.3) is 11.0 Å². The maximum atomic E-state index is 12.3. The molecule has 3 heterocycles. The average Bonchev–Trinajstić information content (AvgIpc) is 3.03. The van der Waals surface area contributed by atoms with Crippen LogP contribution in [0.5, 0.6) is 0 Å². The largest absolute Gasteiger partial charge is 0.464 e. The van der Waals surface area contributed by atoms with Crippen LogP contribution in [-0.4, -0.2) is 38.2 Å². The van der Waals surface area contributed by atoms with Crippen molar-refractivity contribution in [2.24, 2.45) is 5.92 Å². The molecule has 2 atom stereocenters. The van der Waals surface area contributed by atoms with Crippen molar-refractivity contribution >= 4 is 26.7 Å². The Morgan fingerprint density at radius 1 is 1.22 bits per heavy atom. The molecule has 2 aliphatic heterocycles. The predicted molar refractivity (Wildman–Crippen MR) is 110 cm³/mol. The van der Waals surface area contributed by atoms with E-state index < -0.39 is 10.0 Å². The van der Waals surface area contributed by atoms with Crippen molar-refractivity contribution < 1.29 is 12.8 Å². The molecule has 0 aliphatic carbocycles. The van der Waals surface area contributed by atoms with E-state index in [0.717, 1.165) is 23.9 Å². The summed E-state index contributed by atoms with van der Waals surface area (Å²) in [6.45, 7) is 6.22. The molecule has 4 rings (SSSR count). The number of hydrogen-bond donors (Lipinski definition) is 1. The normalized spacial score (nSPS) is 24.3. The van der Waals surface area contributed by atoms with E-state index in [0.29, 0.717) is 17.6 Å². The van der Waals surface area contributed by atoms with E-state index in [-0.39, 0.29) is 11.7 Å². The molecule has 0 radical (unpaired) electrons. The lowest BCUT2D eigenvalue weighted by Crippen LogP contribution is -2.44. The fourth-order valence-corrected chi connectivity index (χ4v) is 6.21. The molecular weight excluding hydrogens is 360 g/mol. The van der Waals surface area contributed by atoms with Gasteiger partial charge in [-0.15, -0.1) is 0 Å². The molecule has 5 nitrogen and oxygen atoms in total. The van der Waals surface area contributed by atoms with Gasteiger partial charge >= 0.3 is 0 Å². The summed E-state index contributed by atoms with van der Waals surface area (Å²) in [5, 5.41) is 1.05. The fourth-order valence-electron chi connectivity index (χ4n) is 4.76. The quantitative estimate of drug-likeness (QED) is 0.813. The van der Waals surface area contributed by atoms with Crippen LogP contribution in [0.3, 0.4) is 0 Å². The molecule has 0 spiro atoms. The Labute approximate surface area is 162 Å². The second-order valence-electron chi connectivity index (χ2n) is 8.59. The number of nitrogens with zero attached hydrogens (tertiary/aromatic N) is 1. The summed E-state index contributed by atoms with van der Waals surface area (Å²) in [5.41, 5.74) is 2.70. The van der Waals surface area contributed by atoms with E-state index in [9.17, 15) is 8.42 Å². The molecule has 2 aliphatic rings. The number of furan rings is 1. The molecular formula is C21H30N2O3S. The number of fused-ring (bicyclic) bond motifs is 2. The van der Waals surface area contributed by atoms with Crippen molar-refractivity contribution in [1.82, 2.24) is 4.90 Å². The van der Waals surface area contributed by atoms with E-state index in [2.05, 4.69) is 9.62 Å². The van der Waals surface area contributed by atoms with Gasteiger partial charge in [0.25, 0.3) is 0 Å². The Kier molecular flexibility index (Phi) is 5.21. The summed E-state index contributed by atoms with van der Waals surface area (Å²) in [6, 6.07) is 6.30. The zero-order valence-electron chi connectivity index (χ0n) is 16.3. The molecule has 2 unspecified atom stereocenters. The molecule has 6 heteroatoms. The number of benzene rings is 1. The highest BCUT2D eigenvalue weighted by molar-refractivity contribution is 7.92. The Balaban J connectivity index is 1.57. The lowest BCUT2D eigenvalue weighted by molar-refractivity contribution is 0.0975. The van der Waals surface area contributed by atoms with Crippen LogP contribution in [0.2, 0.25) is 0 Å². The van der Waals surface area contributed by atoms with E-state index in [1.807, 2.05) is 32.2 Å². The van der Waals surface area contributed by atoms with Crippen LogP contribution in [0.4, 0.5) is 5.69 Å². The first-order valence-electron chi connectivity index (χ1n) is 10.2. The van der Waals surface area contributed by atoms with Gasteiger partial charge in [-0.1, -0.05) is 20.3 Å². The molecule has 1 aromatic heterocycles. The van der Waals surface area contributed by atoms with Crippen LogP contribution in [0.15, 0.2) is 28.9 Å². The van der Waals surface area contributed by atoms with Gasteiger partial charge < -0.3 is 9.32 Å². The molecule has 2 fully saturated rings. The van der Waals surface area contributed by atoms with Gasteiger partial charge in [0.05, 0.1) is 12.0 Å². The first-order valence-corrected chi connectivity index (χ1v) is 11.8. The zero-order chi connectivity index (χ0) is 19.0. The third-order valence-electron chi connectivity index (χ3n) is 5.94. The molecule has 0 amide bonds. The van der Waals surface area contributed by atoms with Crippen molar-refractivity contribution in [3.63, 3.8) is 0 Å². The third-order valence-corrected chi connectivity index (χ3v) is 7.59. The lowest BCUT2D eigenvalue weighted by atomic mass is 9.82. The van der Waals surface area contributed by atoms with Crippen molar-refractivity contribution in [3.8, 4) is 0 Å². The van der Waals surface area contributed by atoms with Crippen LogP contribution in [0, 0.1) is 5.92 Å². The standard InChI is InChI=1S/C21H30N2O3S/c1-15(2)14-27(24,25)22-17-6-7-21-19(12-17)20(13-26-21)16-8-10-23-9-4-3-5-18(23)11-16/h6-7,12-13,15-16,18,22H,3-5,8-11,14H2,1-2H3. The number of anilines is 1. The highest BCUT2D eigenvalue weighted by Gasteiger charge is 2.32. The number of piperidine rings is 2. The average molecular weight is 391 g/mol. The molecule has 0 bridgehead atoms. The van der Waals surface area contributed by atoms with Crippen LogP contribution in [0.1, 0.15) is 57.4 Å². The van der Waals surface area contributed by atoms with Gasteiger partial charge in [0.1, 0.15) is 5.58 Å². The topological polar surface area (TPSA) is 62.6 Å². The molecule has 1 N–H and O–H groups in total. The van der Waals surface area contributed by atoms with Gasteiger partial charge in [-0.3, -0.25) is 4.72 Å². The SMILES string of the molecule is CC(C)CS(=O)(=O)Nc1ccc2occ(C3CCN4CCCCC4C3)c2c1. The molecule has 1 aromatic carbocycles. The van der Waals surface area contributed by atoms with E-state index in [1.165, 1.54) is 37.8 Å². The van der Waals surface area contributed by atoms with Gasteiger partial charge in [0.2, 0.25) is 10.0 Å². The van der Waals surface area contributed by atoms with Crippen molar-refractivity contribution in [3.05, 3.63) is 30.0 Å². The fraction of sp³-hybridized carbons (Fsp3) is 0.619. The maximum Gasteiger partial charge on any atom is 0.232 e. The highest BCUT2D eigenvalue weighted by atomic mass is 32.2. The van der Waals surface area contributed by atoms with Gasteiger partial charge in [-0.05, 0) is 68.8 Å².